The third kappa shape index (κ3) is 29.8. The van der Waals surface area contributed by atoms with Crippen molar-refractivity contribution in [2.24, 2.45) is 0 Å². The molecule has 0 rings (SSSR count). The van der Waals surface area contributed by atoms with Gasteiger partial charge in [-0.3, -0.25) is 4.57 Å². The molecule has 352 valence electrons. The van der Waals surface area contributed by atoms with E-state index < -0.39 is 68.0 Å². The minimum Gasteiger partial charge on any atom is -0.870 e. The van der Waals surface area contributed by atoms with E-state index in [-0.39, 0.29) is 85.7 Å². The van der Waals surface area contributed by atoms with Crippen molar-refractivity contribution < 1.29 is 98.2 Å². The predicted molar refractivity (Wildman–Crippen MR) is 232 cm³/mol. The number of ether oxygens (including phenoxy) is 2. The molecule has 0 aromatic carbocycles. The number of alkyl halides is 1. The zero-order chi connectivity index (χ0) is 47.0. The molecular formula is C38H77F3LiO14PSi3. The molecule has 0 amide bonds. The number of hydrogen-bond acceptors (Lipinski definition) is 13. The van der Waals surface area contributed by atoms with Gasteiger partial charge in [-0.2, -0.15) is 8.78 Å². The van der Waals surface area contributed by atoms with Gasteiger partial charge in [-0.15, -0.1) is 0 Å². The average molecular weight is 937 g/mol. The maximum Gasteiger partial charge on any atom is 1.00 e. The molecule has 0 saturated carbocycles. The fourth-order valence-electron chi connectivity index (χ4n) is 2.78. The number of carbonyl (C=O) groups excluding carboxylic acids is 3. The molecule has 0 spiro atoms. The van der Waals surface area contributed by atoms with Crippen LogP contribution in [0.25, 0.3) is 0 Å². The number of halogens is 3. The Balaban J connectivity index is -0.000000162. The van der Waals surface area contributed by atoms with E-state index in [4.69, 9.17) is 18.4 Å². The van der Waals surface area contributed by atoms with E-state index in [0.717, 1.165) is 18.4 Å². The molecular weight excluding hydrogens is 860 g/mol. The van der Waals surface area contributed by atoms with Gasteiger partial charge in [0.05, 0.1) is 46.2 Å². The first kappa shape index (κ1) is 70.3. The van der Waals surface area contributed by atoms with Crippen LogP contribution in [0.5, 0.6) is 0 Å². The SMILES string of the molecule is CC(C)(C)[Si](C)(C)OC/C=C(\F)C(=O)O.CC(C)(C)[Si](C)(C)OCC=O.CCOC(=O)/C(F)=C/CO[Si](C)(C)C(C)(C)C.CCOC(=O)C(F)P(=O)(OCC)OCC.[Li+].[OH-]. The molecule has 0 fully saturated rings. The van der Waals surface area contributed by atoms with Gasteiger partial charge in [0.1, 0.15) is 6.29 Å². The van der Waals surface area contributed by atoms with Gasteiger partial charge < -0.3 is 47.2 Å². The average Bonchev–Trinajstić information content (AvgIpc) is 3.06. The number of carboxylic acid groups (broad SMARTS) is 1. The molecule has 1 atom stereocenters. The van der Waals surface area contributed by atoms with Gasteiger partial charge in [-0.1, -0.05) is 62.3 Å². The Labute approximate surface area is 373 Å². The van der Waals surface area contributed by atoms with Gasteiger partial charge in [0.2, 0.25) is 11.7 Å². The normalized spacial score (nSPS) is 13.2. The summed E-state index contributed by atoms with van der Waals surface area (Å²) >= 11 is 0. The number of esters is 2. The van der Waals surface area contributed by atoms with Crippen LogP contribution in [0.15, 0.2) is 23.8 Å². The van der Waals surface area contributed by atoms with Crippen LogP contribution in [-0.4, -0.2) is 112 Å². The molecule has 0 bridgehead atoms. The summed E-state index contributed by atoms with van der Waals surface area (Å²) in [6, 6.07) is 0. The van der Waals surface area contributed by atoms with Crippen LogP contribution in [0.4, 0.5) is 13.2 Å². The van der Waals surface area contributed by atoms with E-state index in [2.05, 4.69) is 107 Å². The first-order valence-corrected chi connectivity index (χ1v) is 29.5. The van der Waals surface area contributed by atoms with Gasteiger partial charge in [0.15, 0.2) is 25.0 Å². The Morgan fingerprint density at radius 1 is 0.633 bits per heavy atom. The van der Waals surface area contributed by atoms with Crippen molar-refractivity contribution in [3.63, 3.8) is 0 Å². The number of rotatable bonds is 19. The van der Waals surface area contributed by atoms with Crippen molar-refractivity contribution >= 4 is 56.7 Å². The smallest absolute Gasteiger partial charge is 0.870 e. The van der Waals surface area contributed by atoms with Crippen molar-refractivity contribution in [3.8, 4) is 0 Å². The van der Waals surface area contributed by atoms with Crippen LogP contribution in [0.2, 0.25) is 54.4 Å². The van der Waals surface area contributed by atoms with E-state index in [1.54, 1.807) is 6.92 Å². The topological polar surface area (TPSA) is 200 Å². The number of aliphatic carboxylic acids is 1. The van der Waals surface area contributed by atoms with Gasteiger partial charge in [0, 0.05) is 0 Å². The van der Waals surface area contributed by atoms with Crippen LogP contribution in [0.3, 0.4) is 0 Å². The number of carboxylic acids is 1. The third-order valence-corrected chi connectivity index (χ3v) is 24.9. The summed E-state index contributed by atoms with van der Waals surface area (Å²) < 4.78 is 85.9. The standard InChI is InChI=1S/C12H23FO3Si.C10H19FO3Si.C8H16FO5P.C8H18O2Si.Li.H2O/c1-7-15-11(14)10(13)8-9-16-17(5,6)12(2,3)4;1-10(2,3)15(4,5)14-7-6-8(11)9(12)13;1-4-12-8(10)7(9)15(11,13-5-2)14-6-3;1-8(2,3)11(4,5)10-7-6-9;;/h8H,7,9H2,1-6H3;6H,7H2,1-5H3,(H,12,13);7H,4-6H2,1-3H3;6H,7H2,1-5H3;;1H2/q;;;;+1;/p-1/b10-8-;8-6-;;;;. The van der Waals surface area contributed by atoms with Crippen molar-refractivity contribution in [2.75, 3.05) is 46.2 Å². The summed E-state index contributed by atoms with van der Waals surface area (Å²) in [7, 11) is -9.49. The van der Waals surface area contributed by atoms with Gasteiger partial charge in [0.25, 0.3) is 5.91 Å². The fourth-order valence-corrected chi connectivity index (χ4v) is 6.95. The van der Waals surface area contributed by atoms with Gasteiger partial charge in [-0.25, -0.2) is 18.8 Å². The van der Waals surface area contributed by atoms with E-state index in [9.17, 15) is 36.9 Å². The van der Waals surface area contributed by atoms with Crippen LogP contribution in [-0.2, 0) is 55.5 Å². The molecule has 1 unspecified atom stereocenters. The van der Waals surface area contributed by atoms with Gasteiger partial charge in [-0.05, 0) is 94.2 Å². The summed E-state index contributed by atoms with van der Waals surface area (Å²) in [6.45, 7) is 38.2. The number of carbonyl (C=O) groups is 4. The van der Waals surface area contributed by atoms with Gasteiger partial charge >= 0.3 is 44.4 Å². The second-order valence-corrected chi connectivity index (χ2v) is 33.5. The molecule has 0 heterocycles. The van der Waals surface area contributed by atoms with E-state index in [0.29, 0.717) is 0 Å². The largest absolute Gasteiger partial charge is 1.00 e. The first-order chi connectivity index (χ1) is 26.0. The zero-order valence-corrected chi connectivity index (χ0v) is 44.0. The van der Waals surface area contributed by atoms with Crippen LogP contribution in [0, 0.1) is 0 Å². The zero-order valence-electron chi connectivity index (χ0n) is 40.1. The Kier molecular flexibility index (Phi) is 37.8. The van der Waals surface area contributed by atoms with Crippen molar-refractivity contribution in [1.29, 1.82) is 0 Å². The quantitative estimate of drug-likeness (QED) is 0.0438. The summed E-state index contributed by atoms with van der Waals surface area (Å²) in [5.74, 6) is -8.11. The van der Waals surface area contributed by atoms with E-state index in [1.807, 2.05) is 13.1 Å². The Bertz CT molecular complexity index is 1340. The van der Waals surface area contributed by atoms with Crippen LogP contribution < -0.4 is 18.9 Å². The predicted octanol–water partition coefficient (Wildman–Crippen LogP) is 7.52. The Morgan fingerprint density at radius 3 is 1.22 bits per heavy atom. The maximum atomic E-state index is 13.4. The monoisotopic (exact) mass is 936 g/mol. The Hall–Kier alpha value is -1.41. The van der Waals surface area contributed by atoms with Crippen molar-refractivity contribution in [3.05, 3.63) is 23.8 Å². The second-order valence-electron chi connectivity index (χ2n) is 17.0. The molecule has 0 aromatic heterocycles. The minimum atomic E-state index is -4.04. The van der Waals surface area contributed by atoms with Crippen molar-refractivity contribution in [2.45, 2.75) is 150 Å². The van der Waals surface area contributed by atoms with Crippen LogP contribution >= 0.6 is 7.60 Å². The molecule has 2 N–H and O–H groups in total. The molecule has 0 aliphatic rings. The molecule has 60 heavy (non-hydrogen) atoms. The molecule has 0 aliphatic heterocycles. The number of hydrogen-bond donors (Lipinski definition) is 1. The molecule has 0 aromatic rings. The van der Waals surface area contributed by atoms with E-state index in [1.165, 1.54) is 20.8 Å². The molecule has 0 saturated heterocycles. The summed E-state index contributed by atoms with van der Waals surface area (Å²) in [5, 5.41) is 8.60. The maximum absolute atomic E-state index is 13.4. The van der Waals surface area contributed by atoms with Crippen molar-refractivity contribution in [1.82, 2.24) is 0 Å². The van der Waals surface area contributed by atoms with Crippen LogP contribution in [0.1, 0.15) is 90.0 Å². The summed E-state index contributed by atoms with van der Waals surface area (Å²) in [4.78, 5) is 42.2. The Morgan fingerprint density at radius 2 is 0.950 bits per heavy atom. The molecule has 14 nitrogen and oxygen atoms in total. The summed E-state index contributed by atoms with van der Waals surface area (Å²) in [6.07, 6.45) is 2.92. The minimum absolute atomic E-state index is 0. The first-order valence-electron chi connectivity index (χ1n) is 19.2. The fraction of sp³-hybridized carbons (Fsp3) is 0.789. The third-order valence-electron chi connectivity index (χ3n) is 9.40. The second kappa shape index (κ2) is 32.3. The summed E-state index contributed by atoms with van der Waals surface area (Å²) in [5.41, 5.74) is 0. The molecule has 0 aliphatic carbocycles. The number of aldehydes is 1. The molecule has 0 radical (unpaired) electrons. The van der Waals surface area contributed by atoms with E-state index >= 15 is 0 Å². The molecule has 22 heteroatoms.